The van der Waals surface area contributed by atoms with E-state index in [1.54, 1.807) is 13.2 Å². The quantitative estimate of drug-likeness (QED) is 0.749. The van der Waals surface area contributed by atoms with Crippen LogP contribution in [-0.4, -0.2) is 13.4 Å². The molecule has 2 heteroatoms. The van der Waals surface area contributed by atoms with E-state index in [0.717, 1.165) is 23.2 Å². The average molecular weight is 226 g/mol. The molecule has 0 aliphatic heterocycles. The highest BCUT2D eigenvalue weighted by molar-refractivity contribution is 5.81. The van der Waals surface area contributed by atoms with Crippen molar-refractivity contribution in [2.45, 2.75) is 6.92 Å². The van der Waals surface area contributed by atoms with Crippen molar-refractivity contribution in [1.82, 2.24) is 0 Å². The lowest BCUT2D eigenvalue weighted by molar-refractivity contribution is 0.112. The van der Waals surface area contributed by atoms with Gasteiger partial charge in [-0.25, -0.2) is 0 Å². The van der Waals surface area contributed by atoms with Crippen LogP contribution in [0.15, 0.2) is 42.5 Å². The maximum atomic E-state index is 10.8. The summed E-state index contributed by atoms with van der Waals surface area (Å²) in [4.78, 5) is 10.8. The molecule has 0 N–H and O–H groups in total. The first-order chi connectivity index (χ1) is 8.24. The van der Waals surface area contributed by atoms with Gasteiger partial charge in [-0.05, 0) is 30.7 Å². The fourth-order valence-corrected chi connectivity index (χ4v) is 1.76. The maximum Gasteiger partial charge on any atom is 0.150 e. The third-order valence-corrected chi connectivity index (χ3v) is 2.72. The Kier molecular flexibility index (Phi) is 3.24. The Hall–Kier alpha value is -2.09. The Labute approximate surface area is 101 Å². The summed E-state index contributed by atoms with van der Waals surface area (Å²) in [5.74, 6) is 0.777. The molecule has 2 aromatic rings. The van der Waals surface area contributed by atoms with Crippen LogP contribution in [0.4, 0.5) is 0 Å². The van der Waals surface area contributed by atoms with E-state index in [2.05, 4.69) is 0 Å². The standard InChI is InChI=1S/C15H14O2/c1-11-3-6-13(7-4-11)14-9-12(10-16)5-8-15(14)17-2/h3-10H,1-2H3. The van der Waals surface area contributed by atoms with Crippen LogP contribution in [0.1, 0.15) is 15.9 Å². The molecule has 0 aliphatic rings. The number of benzene rings is 2. The molecule has 2 nitrogen and oxygen atoms in total. The number of hydrogen-bond donors (Lipinski definition) is 0. The zero-order valence-corrected chi connectivity index (χ0v) is 9.94. The van der Waals surface area contributed by atoms with Crippen molar-refractivity contribution >= 4 is 6.29 Å². The van der Waals surface area contributed by atoms with Crippen LogP contribution in [0, 0.1) is 6.92 Å². The van der Waals surface area contributed by atoms with Gasteiger partial charge in [0.1, 0.15) is 12.0 Å². The third-order valence-electron chi connectivity index (χ3n) is 2.72. The van der Waals surface area contributed by atoms with Crippen molar-refractivity contribution in [3.8, 4) is 16.9 Å². The molecule has 0 bridgehead atoms. The predicted octanol–water partition coefficient (Wildman–Crippen LogP) is 3.48. The van der Waals surface area contributed by atoms with Gasteiger partial charge in [0.25, 0.3) is 0 Å². The molecule has 0 spiro atoms. The Balaban J connectivity index is 2.55. The molecular weight excluding hydrogens is 212 g/mol. The van der Waals surface area contributed by atoms with E-state index in [4.69, 9.17) is 4.74 Å². The second-order valence-electron chi connectivity index (χ2n) is 3.94. The van der Waals surface area contributed by atoms with Crippen molar-refractivity contribution in [2.75, 3.05) is 7.11 Å². The van der Waals surface area contributed by atoms with Crippen LogP contribution >= 0.6 is 0 Å². The molecule has 86 valence electrons. The first kappa shape index (κ1) is 11.4. The van der Waals surface area contributed by atoms with Gasteiger partial charge in [0.15, 0.2) is 0 Å². The van der Waals surface area contributed by atoms with E-state index in [1.165, 1.54) is 5.56 Å². The Bertz CT molecular complexity index is 527. The van der Waals surface area contributed by atoms with E-state index >= 15 is 0 Å². The molecule has 0 fully saturated rings. The first-order valence-corrected chi connectivity index (χ1v) is 5.45. The molecule has 0 aromatic heterocycles. The van der Waals surface area contributed by atoms with Crippen LogP contribution in [0.2, 0.25) is 0 Å². The molecule has 0 saturated heterocycles. The number of aldehydes is 1. The number of hydrogen-bond acceptors (Lipinski definition) is 2. The molecular formula is C15H14O2. The minimum absolute atomic E-state index is 0.654. The van der Waals surface area contributed by atoms with Crippen molar-refractivity contribution < 1.29 is 9.53 Å². The smallest absolute Gasteiger partial charge is 0.150 e. The van der Waals surface area contributed by atoms with E-state index in [-0.39, 0.29) is 0 Å². The second kappa shape index (κ2) is 4.83. The summed E-state index contributed by atoms with van der Waals surface area (Å²) in [6.45, 7) is 2.04. The normalized spacial score (nSPS) is 10.0. The zero-order chi connectivity index (χ0) is 12.3. The molecule has 0 radical (unpaired) electrons. The predicted molar refractivity (Wildman–Crippen MR) is 68.6 cm³/mol. The van der Waals surface area contributed by atoms with Gasteiger partial charge in [-0.3, -0.25) is 4.79 Å². The van der Waals surface area contributed by atoms with Gasteiger partial charge in [-0.2, -0.15) is 0 Å². The van der Waals surface area contributed by atoms with Crippen LogP contribution in [0.5, 0.6) is 5.75 Å². The zero-order valence-electron chi connectivity index (χ0n) is 9.94. The van der Waals surface area contributed by atoms with Gasteiger partial charge in [0.05, 0.1) is 7.11 Å². The minimum Gasteiger partial charge on any atom is -0.496 e. The van der Waals surface area contributed by atoms with Crippen LogP contribution in [0.3, 0.4) is 0 Å². The first-order valence-electron chi connectivity index (χ1n) is 5.45. The summed E-state index contributed by atoms with van der Waals surface area (Å²) in [5.41, 5.74) is 3.86. The second-order valence-corrected chi connectivity index (χ2v) is 3.94. The number of methoxy groups -OCH3 is 1. The van der Waals surface area contributed by atoms with Gasteiger partial charge in [0.2, 0.25) is 0 Å². The molecule has 2 rings (SSSR count). The number of rotatable bonds is 3. The van der Waals surface area contributed by atoms with Gasteiger partial charge in [-0.15, -0.1) is 0 Å². The van der Waals surface area contributed by atoms with E-state index in [9.17, 15) is 4.79 Å². The van der Waals surface area contributed by atoms with Crippen LogP contribution in [0.25, 0.3) is 11.1 Å². The average Bonchev–Trinajstić information content (AvgIpc) is 2.39. The lowest BCUT2D eigenvalue weighted by Gasteiger charge is -2.09. The fraction of sp³-hybridized carbons (Fsp3) is 0.133. The molecule has 0 heterocycles. The largest absolute Gasteiger partial charge is 0.496 e. The molecule has 2 aromatic carbocycles. The van der Waals surface area contributed by atoms with Gasteiger partial charge in [0, 0.05) is 11.1 Å². The Morgan fingerprint density at radius 3 is 2.35 bits per heavy atom. The van der Waals surface area contributed by atoms with Crippen LogP contribution < -0.4 is 4.74 Å². The third kappa shape index (κ3) is 2.36. The van der Waals surface area contributed by atoms with Gasteiger partial charge in [-0.1, -0.05) is 29.8 Å². The van der Waals surface area contributed by atoms with Gasteiger partial charge >= 0.3 is 0 Å². The maximum absolute atomic E-state index is 10.8. The van der Waals surface area contributed by atoms with Crippen molar-refractivity contribution in [3.63, 3.8) is 0 Å². The number of ether oxygens (including phenoxy) is 1. The Morgan fingerprint density at radius 2 is 1.76 bits per heavy atom. The van der Waals surface area contributed by atoms with E-state index < -0.39 is 0 Å². The monoisotopic (exact) mass is 226 g/mol. The van der Waals surface area contributed by atoms with Gasteiger partial charge < -0.3 is 4.74 Å². The van der Waals surface area contributed by atoms with Crippen LogP contribution in [-0.2, 0) is 0 Å². The summed E-state index contributed by atoms with van der Waals surface area (Å²) in [5, 5.41) is 0. The highest BCUT2D eigenvalue weighted by atomic mass is 16.5. The Morgan fingerprint density at radius 1 is 1.06 bits per heavy atom. The number of aryl methyl sites for hydroxylation is 1. The molecule has 0 unspecified atom stereocenters. The van der Waals surface area contributed by atoms with E-state index in [0.29, 0.717) is 5.56 Å². The van der Waals surface area contributed by atoms with Crippen molar-refractivity contribution in [1.29, 1.82) is 0 Å². The SMILES string of the molecule is COc1ccc(C=O)cc1-c1ccc(C)cc1. The molecule has 0 saturated carbocycles. The van der Waals surface area contributed by atoms with Crippen molar-refractivity contribution in [2.24, 2.45) is 0 Å². The molecule has 0 amide bonds. The summed E-state index contributed by atoms with van der Waals surface area (Å²) in [6, 6.07) is 13.6. The summed E-state index contributed by atoms with van der Waals surface area (Å²) < 4.78 is 5.31. The van der Waals surface area contributed by atoms with E-state index in [1.807, 2.05) is 43.3 Å². The molecule has 0 aliphatic carbocycles. The number of carbonyl (C=O) groups excluding carboxylic acids is 1. The minimum atomic E-state index is 0.654. The molecule has 0 atom stereocenters. The molecule has 17 heavy (non-hydrogen) atoms. The highest BCUT2D eigenvalue weighted by Gasteiger charge is 2.06. The summed E-state index contributed by atoms with van der Waals surface area (Å²) in [7, 11) is 1.63. The summed E-state index contributed by atoms with van der Waals surface area (Å²) >= 11 is 0. The highest BCUT2D eigenvalue weighted by Crippen LogP contribution is 2.30. The summed E-state index contributed by atoms with van der Waals surface area (Å²) in [6.07, 6.45) is 0.844. The lowest BCUT2D eigenvalue weighted by Crippen LogP contribution is -1.90. The topological polar surface area (TPSA) is 26.3 Å². The lowest BCUT2D eigenvalue weighted by atomic mass is 10.0. The van der Waals surface area contributed by atoms with Crippen molar-refractivity contribution in [3.05, 3.63) is 53.6 Å². The fourth-order valence-electron chi connectivity index (χ4n) is 1.76. The number of carbonyl (C=O) groups is 1.